The Hall–Kier alpha value is -1.56. The predicted molar refractivity (Wildman–Crippen MR) is 64.2 cm³/mol. The molecule has 0 aromatic carbocycles. The molecule has 0 aliphatic carbocycles. The molecule has 100 valence electrons. The molecule has 0 bridgehead atoms. The molecule has 1 N–H and O–H groups in total. The number of carboxylic acids is 1. The average Bonchev–Trinajstić information content (AvgIpc) is 2.27. The molecule has 0 unspecified atom stereocenters. The van der Waals surface area contributed by atoms with E-state index in [0.29, 0.717) is 32.8 Å². The fraction of sp³-hybridized carbons (Fsp3) is 0.667. The van der Waals surface area contributed by atoms with Gasteiger partial charge in [0.2, 0.25) is 0 Å². The highest BCUT2D eigenvalue weighted by atomic mass is 16.5. The van der Waals surface area contributed by atoms with E-state index in [1.165, 1.54) is 5.57 Å². The van der Waals surface area contributed by atoms with Crippen molar-refractivity contribution in [2.75, 3.05) is 39.9 Å². The number of likely N-dealkylation sites (tertiary alicyclic amines) is 1. The maximum atomic E-state index is 12.0. The summed E-state index contributed by atoms with van der Waals surface area (Å²) < 4.78 is 5.05. The number of carbonyl (C=O) groups is 2. The third-order valence-electron chi connectivity index (χ3n) is 3.40. The Balaban J connectivity index is 1.80. The number of ether oxygens (including phenoxy) is 1. The van der Waals surface area contributed by atoms with Crippen LogP contribution in [0.5, 0.6) is 0 Å². The van der Waals surface area contributed by atoms with Crippen LogP contribution >= 0.6 is 0 Å². The van der Waals surface area contributed by atoms with Gasteiger partial charge >= 0.3 is 12.0 Å². The van der Waals surface area contributed by atoms with Crippen molar-refractivity contribution >= 4 is 12.0 Å². The minimum absolute atomic E-state index is 0.0554. The molecule has 6 heteroatoms. The summed E-state index contributed by atoms with van der Waals surface area (Å²) in [7, 11) is 1.66. The quantitative estimate of drug-likeness (QED) is 0.740. The first-order valence-electron chi connectivity index (χ1n) is 6.05. The summed E-state index contributed by atoms with van der Waals surface area (Å²) >= 11 is 0. The van der Waals surface area contributed by atoms with E-state index in [-0.39, 0.29) is 6.03 Å². The van der Waals surface area contributed by atoms with Gasteiger partial charge < -0.3 is 19.6 Å². The highest BCUT2D eigenvalue weighted by Gasteiger charge is 2.37. The fourth-order valence-electron chi connectivity index (χ4n) is 2.19. The number of hydrogen-bond donors (Lipinski definition) is 1. The van der Waals surface area contributed by atoms with Gasteiger partial charge in [0.15, 0.2) is 0 Å². The zero-order valence-electron chi connectivity index (χ0n) is 10.5. The Bertz CT molecular complexity index is 374. The molecule has 1 saturated heterocycles. The average molecular weight is 254 g/mol. The minimum Gasteiger partial charge on any atom is -0.481 e. The number of carboxylic acid groups (broad SMARTS) is 1. The molecular weight excluding hydrogens is 236 g/mol. The van der Waals surface area contributed by atoms with Crippen molar-refractivity contribution in [3.63, 3.8) is 0 Å². The molecule has 6 nitrogen and oxygen atoms in total. The number of amides is 2. The van der Waals surface area contributed by atoms with Gasteiger partial charge in [0.05, 0.1) is 12.5 Å². The summed E-state index contributed by atoms with van der Waals surface area (Å²) in [6, 6.07) is -0.0554. The lowest BCUT2D eigenvalue weighted by atomic mass is 10.0. The van der Waals surface area contributed by atoms with Crippen LogP contribution in [0.1, 0.15) is 6.42 Å². The number of nitrogens with zero attached hydrogens (tertiary/aromatic N) is 2. The summed E-state index contributed by atoms with van der Waals surface area (Å²) in [4.78, 5) is 26.0. The van der Waals surface area contributed by atoms with Crippen LogP contribution in [0.15, 0.2) is 11.6 Å². The van der Waals surface area contributed by atoms with Gasteiger partial charge in [0.1, 0.15) is 0 Å². The molecule has 2 heterocycles. The van der Waals surface area contributed by atoms with E-state index in [9.17, 15) is 9.59 Å². The third kappa shape index (κ3) is 2.64. The standard InChI is InChI=1S/C12H18N2O4/c1-18-8-9-2-4-13(5-3-9)12(17)14-6-10(7-14)11(15)16/h2,10H,3-8H2,1H3,(H,15,16). The lowest BCUT2D eigenvalue weighted by Crippen LogP contribution is -2.57. The molecule has 18 heavy (non-hydrogen) atoms. The second kappa shape index (κ2) is 5.39. The second-order valence-electron chi connectivity index (χ2n) is 4.71. The molecule has 0 spiro atoms. The highest BCUT2D eigenvalue weighted by Crippen LogP contribution is 2.20. The van der Waals surface area contributed by atoms with Crippen LogP contribution < -0.4 is 0 Å². The fourth-order valence-corrected chi connectivity index (χ4v) is 2.19. The Labute approximate surface area is 106 Å². The van der Waals surface area contributed by atoms with E-state index in [4.69, 9.17) is 9.84 Å². The number of urea groups is 1. The Morgan fingerprint density at radius 2 is 2.17 bits per heavy atom. The van der Waals surface area contributed by atoms with Crippen molar-refractivity contribution in [3.8, 4) is 0 Å². The van der Waals surface area contributed by atoms with Gasteiger partial charge in [-0.2, -0.15) is 0 Å². The van der Waals surface area contributed by atoms with E-state index < -0.39 is 11.9 Å². The molecular formula is C12H18N2O4. The number of hydrogen-bond acceptors (Lipinski definition) is 3. The molecule has 0 radical (unpaired) electrons. The van der Waals surface area contributed by atoms with Gasteiger partial charge in [-0.05, 0) is 12.0 Å². The van der Waals surface area contributed by atoms with Crippen molar-refractivity contribution in [1.82, 2.24) is 9.80 Å². The van der Waals surface area contributed by atoms with Gasteiger partial charge in [-0.15, -0.1) is 0 Å². The number of aliphatic carboxylic acids is 1. The smallest absolute Gasteiger partial charge is 0.320 e. The van der Waals surface area contributed by atoms with Gasteiger partial charge in [-0.1, -0.05) is 6.08 Å². The Morgan fingerprint density at radius 3 is 2.67 bits per heavy atom. The topological polar surface area (TPSA) is 70.1 Å². The summed E-state index contributed by atoms with van der Waals surface area (Å²) in [6.07, 6.45) is 2.84. The maximum Gasteiger partial charge on any atom is 0.320 e. The molecule has 2 rings (SSSR count). The lowest BCUT2D eigenvalue weighted by molar-refractivity contribution is -0.146. The highest BCUT2D eigenvalue weighted by molar-refractivity contribution is 5.80. The van der Waals surface area contributed by atoms with Gasteiger partial charge in [-0.3, -0.25) is 4.79 Å². The first-order chi connectivity index (χ1) is 8.61. The first-order valence-corrected chi connectivity index (χ1v) is 6.05. The number of rotatable bonds is 3. The summed E-state index contributed by atoms with van der Waals surface area (Å²) in [5, 5.41) is 8.76. The molecule has 2 aliphatic heterocycles. The number of carbonyl (C=O) groups excluding carboxylic acids is 1. The monoisotopic (exact) mass is 254 g/mol. The molecule has 0 atom stereocenters. The largest absolute Gasteiger partial charge is 0.481 e. The van der Waals surface area contributed by atoms with Gasteiger partial charge in [0, 0.05) is 33.3 Å². The number of methoxy groups -OCH3 is 1. The van der Waals surface area contributed by atoms with Crippen LogP contribution in [0, 0.1) is 5.92 Å². The Morgan fingerprint density at radius 1 is 1.44 bits per heavy atom. The van der Waals surface area contributed by atoms with Crippen LogP contribution in [0.2, 0.25) is 0 Å². The van der Waals surface area contributed by atoms with E-state index in [0.717, 1.165) is 6.42 Å². The van der Waals surface area contributed by atoms with Crippen LogP contribution in [-0.2, 0) is 9.53 Å². The lowest BCUT2D eigenvalue weighted by Gasteiger charge is -2.40. The SMILES string of the molecule is COCC1=CCN(C(=O)N2CC(C(=O)O)C2)CC1. The predicted octanol–water partition coefficient (Wildman–Crippen LogP) is 0.401. The van der Waals surface area contributed by atoms with Gasteiger partial charge in [0.25, 0.3) is 0 Å². The summed E-state index contributed by atoms with van der Waals surface area (Å²) in [6.45, 7) is 2.56. The van der Waals surface area contributed by atoms with E-state index >= 15 is 0 Å². The maximum absolute atomic E-state index is 12.0. The normalized spacial score (nSPS) is 20.4. The molecule has 2 amide bonds. The minimum atomic E-state index is -0.819. The van der Waals surface area contributed by atoms with Crippen molar-refractivity contribution in [1.29, 1.82) is 0 Å². The summed E-state index contributed by atoms with van der Waals surface area (Å²) in [5.41, 5.74) is 1.22. The van der Waals surface area contributed by atoms with E-state index in [2.05, 4.69) is 0 Å². The Kier molecular flexibility index (Phi) is 3.86. The van der Waals surface area contributed by atoms with E-state index in [1.807, 2.05) is 6.08 Å². The van der Waals surface area contributed by atoms with Crippen LogP contribution in [-0.4, -0.2) is 66.8 Å². The van der Waals surface area contributed by atoms with Gasteiger partial charge in [-0.25, -0.2) is 4.79 Å². The molecule has 0 saturated carbocycles. The van der Waals surface area contributed by atoms with Crippen LogP contribution in [0.3, 0.4) is 0 Å². The summed E-state index contributed by atoms with van der Waals surface area (Å²) in [5.74, 6) is -1.21. The van der Waals surface area contributed by atoms with Crippen LogP contribution in [0.25, 0.3) is 0 Å². The molecule has 2 aliphatic rings. The second-order valence-corrected chi connectivity index (χ2v) is 4.71. The van der Waals surface area contributed by atoms with Crippen molar-refractivity contribution < 1.29 is 19.4 Å². The van der Waals surface area contributed by atoms with Crippen molar-refractivity contribution in [2.24, 2.45) is 5.92 Å². The van der Waals surface area contributed by atoms with Crippen molar-refractivity contribution in [3.05, 3.63) is 11.6 Å². The van der Waals surface area contributed by atoms with E-state index in [1.54, 1.807) is 16.9 Å². The zero-order chi connectivity index (χ0) is 13.1. The third-order valence-corrected chi connectivity index (χ3v) is 3.40. The molecule has 1 fully saturated rings. The molecule has 0 aromatic rings. The zero-order valence-corrected chi connectivity index (χ0v) is 10.5. The van der Waals surface area contributed by atoms with Crippen molar-refractivity contribution in [2.45, 2.75) is 6.42 Å². The first kappa shape index (κ1) is 12.9. The van der Waals surface area contributed by atoms with Crippen LogP contribution in [0.4, 0.5) is 4.79 Å². The molecule has 0 aromatic heterocycles.